The average Bonchev–Trinajstić information content (AvgIpc) is 3.07. The summed E-state index contributed by atoms with van der Waals surface area (Å²) in [5.41, 5.74) is 2.82. The van der Waals surface area contributed by atoms with Gasteiger partial charge in [0.1, 0.15) is 5.82 Å². The van der Waals surface area contributed by atoms with E-state index in [1.54, 1.807) is 11.0 Å². The first-order valence-corrected chi connectivity index (χ1v) is 9.40. The molecule has 1 N–H and O–H groups in total. The Hall–Kier alpha value is -3.22. The predicted octanol–water partition coefficient (Wildman–Crippen LogP) is 3.37. The largest absolute Gasteiger partial charge is 0.452 e. The minimum atomic E-state index is -1.12. The van der Waals surface area contributed by atoms with E-state index in [9.17, 15) is 18.8 Å². The molecule has 29 heavy (non-hydrogen) atoms. The highest BCUT2D eigenvalue weighted by atomic mass is 19.1. The van der Waals surface area contributed by atoms with Crippen LogP contribution in [0.5, 0.6) is 0 Å². The highest BCUT2D eigenvalue weighted by Gasteiger charge is 2.37. The van der Waals surface area contributed by atoms with E-state index in [0.717, 1.165) is 16.8 Å². The topological polar surface area (TPSA) is 75.7 Å². The molecule has 2 aromatic carbocycles. The molecule has 2 unspecified atom stereocenters. The van der Waals surface area contributed by atoms with Crippen molar-refractivity contribution < 1.29 is 23.5 Å². The number of amides is 2. The van der Waals surface area contributed by atoms with Crippen LogP contribution in [0.15, 0.2) is 42.5 Å². The van der Waals surface area contributed by atoms with Crippen LogP contribution in [0.25, 0.3) is 0 Å². The maximum atomic E-state index is 13.7. The third-order valence-corrected chi connectivity index (χ3v) is 5.12. The van der Waals surface area contributed by atoms with Gasteiger partial charge >= 0.3 is 5.97 Å². The summed E-state index contributed by atoms with van der Waals surface area (Å²) in [4.78, 5) is 38.7. The molecule has 152 valence electrons. The number of aryl methyl sites for hydroxylation is 1. The Morgan fingerprint density at radius 3 is 2.62 bits per heavy atom. The Morgan fingerprint density at radius 1 is 1.17 bits per heavy atom. The van der Waals surface area contributed by atoms with Gasteiger partial charge in [-0.2, -0.15) is 0 Å². The van der Waals surface area contributed by atoms with E-state index in [1.165, 1.54) is 25.1 Å². The second-order valence-electron chi connectivity index (χ2n) is 7.17. The fraction of sp³-hybridized carbons (Fsp3) is 0.318. The van der Waals surface area contributed by atoms with Crippen molar-refractivity contribution >= 4 is 29.2 Å². The molecule has 7 heteroatoms. The lowest BCUT2D eigenvalue weighted by Crippen LogP contribution is -2.33. The molecule has 0 bridgehead atoms. The molecule has 1 heterocycles. The van der Waals surface area contributed by atoms with Gasteiger partial charge in [-0.25, -0.2) is 4.39 Å². The molecule has 1 aliphatic rings. The van der Waals surface area contributed by atoms with Gasteiger partial charge in [0.2, 0.25) is 5.91 Å². The average molecular weight is 398 g/mol. The lowest BCUT2D eigenvalue weighted by molar-refractivity contribution is -0.157. The number of rotatable bonds is 5. The van der Waals surface area contributed by atoms with Crippen LogP contribution >= 0.6 is 0 Å². The van der Waals surface area contributed by atoms with E-state index >= 15 is 0 Å². The Labute approximate surface area is 168 Å². The molecule has 2 atom stereocenters. The standard InChI is InChI=1S/C22H23FN2O4/c1-13-7-6-10-19(14(13)2)25-12-16(11-20(25)26)22(28)29-15(3)21(27)24-18-9-5-4-8-17(18)23/h4-10,15-16H,11-12H2,1-3H3,(H,24,27). The molecule has 1 fully saturated rings. The van der Waals surface area contributed by atoms with E-state index in [4.69, 9.17) is 4.74 Å². The van der Waals surface area contributed by atoms with Gasteiger partial charge in [0.25, 0.3) is 5.91 Å². The zero-order valence-electron chi connectivity index (χ0n) is 16.6. The van der Waals surface area contributed by atoms with E-state index < -0.39 is 29.7 Å². The molecule has 0 spiro atoms. The molecule has 2 amide bonds. The fourth-order valence-corrected chi connectivity index (χ4v) is 3.25. The van der Waals surface area contributed by atoms with Crippen LogP contribution in [-0.2, 0) is 19.1 Å². The Morgan fingerprint density at radius 2 is 1.90 bits per heavy atom. The van der Waals surface area contributed by atoms with Crippen molar-refractivity contribution in [2.24, 2.45) is 5.92 Å². The highest BCUT2D eigenvalue weighted by molar-refractivity contribution is 6.01. The lowest BCUT2D eigenvalue weighted by Gasteiger charge is -2.20. The maximum absolute atomic E-state index is 13.7. The zero-order chi connectivity index (χ0) is 21.1. The number of carbonyl (C=O) groups is 3. The minimum Gasteiger partial charge on any atom is -0.452 e. The first-order chi connectivity index (χ1) is 13.8. The second-order valence-corrected chi connectivity index (χ2v) is 7.17. The number of benzene rings is 2. The summed E-state index contributed by atoms with van der Waals surface area (Å²) in [5, 5.41) is 2.39. The van der Waals surface area contributed by atoms with Crippen molar-refractivity contribution in [1.29, 1.82) is 0 Å². The summed E-state index contributed by atoms with van der Waals surface area (Å²) < 4.78 is 18.9. The summed E-state index contributed by atoms with van der Waals surface area (Å²) in [6, 6.07) is 11.4. The summed E-state index contributed by atoms with van der Waals surface area (Å²) in [7, 11) is 0. The molecule has 0 aromatic heterocycles. The van der Waals surface area contributed by atoms with E-state index in [1.807, 2.05) is 32.0 Å². The van der Waals surface area contributed by atoms with Gasteiger partial charge in [-0.1, -0.05) is 24.3 Å². The monoisotopic (exact) mass is 398 g/mol. The molecule has 3 rings (SSSR count). The number of esters is 1. The van der Waals surface area contributed by atoms with Gasteiger partial charge in [-0.3, -0.25) is 14.4 Å². The Bertz CT molecular complexity index is 960. The second kappa shape index (κ2) is 8.43. The van der Waals surface area contributed by atoms with Crippen LogP contribution < -0.4 is 10.2 Å². The summed E-state index contributed by atoms with van der Waals surface area (Å²) in [6.07, 6.45) is -1.10. The van der Waals surface area contributed by atoms with Gasteiger partial charge in [-0.05, 0) is 50.1 Å². The number of para-hydroxylation sites is 1. The summed E-state index contributed by atoms with van der Waals surface area (Å²) in [6.45, 7) is 5.50. The number of halogens is 1. The van der Waals surface area contributed by atoms with Crippen LogP contribution in [0, 0.1) is 25.6 Å². The first-order valence-electron chi connectivity index (χ1n) is 9.40. The van der Waals surface area contributed by atoms with Crippen LogP contribution in [0.1, 0.15) is 24.5 Å². The van der Waals surface area contributed by atoms with Crippen molar-refractivity contribution in [3.05, 3.63) is 59.4 Å². The molecular weight excluding hydrogens is 375 g/mol. The molecule has 0 saturated carbocycles. The van der Waals surface area contributed by atoms with E-state index in [2.05, 4.69) is 5.32 Å². The number of ether oxygens (including phenoxy) is 1. The van der Waals surface area contributed by atoms with Crippen LogP contribution in [-0.4, -0.2) is 30.4 Å². The van der Waals surface area contributed by atoms with Crippen LogP contribution in [0.3, 0.4) is 0 Å². The predicted molar refractivity (Wildman–Crippen MR) is 107 cm³/mol. The number of hydrogen-bond acceptors (Lipinski definition) is 4. The number of anilines is 2. The van der Waals surface area contributed by atoms with Crippen molar-refractivity contribution in [2.75, 3.05) is 16.8 Å². The summed E-state index contributed by atoms with van der Waals surface area (Å²) >= 11 is 0. The van der Waals surface area contributed by atoms with E-state index in [-0.39, 0.29) is 24.6 Å². The number of carbonyl (C=O) groups excluding carboxylic acids is 3. The third-order valence-electron chi connectivity index (χ3n) is 5.12. The highest BCUT2D eigenvalue weighted by Crippen LogP contribution is 2.30. The van der Waals surface area contributed by atoms with Gasteiger partial charge in [0, 0.05) is 18.7 Å². The summed E-state index contributed by atoms with van der Waals surface area (Å²) in [5.74, 6) is -2.67. The third kappa shape index (κ3) is 4.45. The maximum Gasteiger partial charge on any atom is 0.312 e. The van der Waals surface area contributed by atoms with Crippen molar-refractivity contribution in [1.82, 2.24) is 0 Å². The number of nitrogens with zero attached hydrogens (tertiary/aromatic N) is 1. The van der Waals surface area contributed by atoms with Gasteiger partial charge in [0.15, 0.2) is 6.10 Å². The Kier molecular flexibility index (Phi) is 5.96. The minimum absolute atomic E-state index is 0.0116. The van der Waals surface area contributed by atoms with Crippen molar-refractivity contribution in [3.8, 4) is 0 Å². The zero-order valence-corrected chi connectivity index (χ0v) is 16.6. The molecular formula is C22H23FN2O4. The smallest absolute Gasteiger partial charge is 0.312 e. The van der Waals surface area contributed by atoms with Crippen molar-refractivity contribution in [2.45, 2.75) is 33.3 Å². The molecule has 6 nitrogen and oxygen atoms in total. The molecule has 2 aromatic rings. The van der Waals surface area contributed by atoms with Crippen LogP contribution in [0.4, 0.5) is 15.8 Å². The molecule has 0 radical (unpaired) electrons. The van der Waals surface area contributed by atoms with Gasteiger partial charge < -0.3 is 15.0 Å². The number of nitrogens with one attached hydrogen (secondary N) is 1. The molecule has 1 saturated heterocycles. The fourth-order valence-electron chi connectivity index (χ4n) is 3.25. The molecule has 1 aliphatic heterocycles. The normalized spacial score (nSPS) is 17.2. The number of hydrogen-bond donors (Lipinski definition) is 1. The first kappa shape index (κ1) is 20.5. The van der Waals surface area contributed by atoms with Crippen molar-refractivity contribution in [3.63, 3.8) is 0 Å². The van der Waals surface area contributed by atoms with E-state index in [0.29, 0.717) is 0 Å². The molecule has 0 aliphatic carbocycles. The van der Waals surface area contributed by atoms with Gasteiger partial charge in [0.05, 0.1) is 11.6 Å². The Balaban J connectivity index is 1.62. The quantitative estimate of drug-likeness (QED) is 0.784. The lowest BCUT2D eigenvalue weighted by atomic mass is 10.1. The van der Waals surface area contributed by atoms with Gasteiger partial charge in [-0.15, -0.1) is 0 Å². The SMILES string of the molecule is Cc1cccc(N2CC(C(=O)OC(C)C(=O)Nc3ccccc3F)CC2=O)c1C. The van der Waals surface area contributed by atoms with Crippen LogP contribution in [0.2, 0.25) is 0 Å².